The molecule has 1 atom stereocenters. The Hall–Kier alpha value is -3.64. The highest BCUT2D eigenvalue weighted by Gasteiger charge is 2.22. The Balaban J connectivity index is 1.45. The number of benzene rings is 3. The molecule has 1 aliphatic rings. The van der Waals surface area contributed by atoms with Crippen LogP contribution in [-0.4, -0.2) is 24.3 Å². The minimum absolute atomic E-state index is 0.0682. The Morgan fingerprint density at radius 3 is 2.29 bits per heavy atom. The summed E-state index contributed by atoms with van der Waals surface area (Å²) in [5, 5.41) is 6.41. The topological polar surface area (TPSA) is 78.5 Å². The van der Waals surface area contributed by atoms with Gasteiger partial charge in [0.1, 0.15) is 0 Å². The average Bonchev–Trinajstić information content (AvgIpc) is 2.86. The zero-order valence-corrected chi connectivity index (χ0v) is 19.4. The van der Waals surface area contributed by atoms with Crippen LogP contribution in [0.5, 0.6) is 0 Å². The van der Waals surface area contributed by atoms with Crippen molar-refractivity contribution in [2.75, 3.05) is 16.8 Å². The van der Waals surface area contributed by atoms with Crippen LogP contribution in [0.4, 0.5) is 11.4 Å². The maximum Gasteiger partial charge on any atom is 0.251 e. The molecule has 2 N–H and O–H groups in total. The highest BCUT2D eigenvalue weighted by molar-refractivity contribution is 6.30. The van der Waals surface area contributed by atoms with Gasteiger partial charge in [-0.3, -0.25) is 14.4 Å². The lowest BCUT2D eigenvalue weighted by Crippen LogP contribution is -2.35. The number of carbonyl (C=O) groups excluding carboxylic acids is 3. The molecule has 1 unspecified atom stereocenters. The van der Waals surface area contributed by atoms with Crippen LogP contribution in [-0.2, 0) is 9.59 Å². The summed E-state index contributed by atoms with van der Waals surface area (Å²) in [7, 11) is 0. The number of nitrogens with one attached hydrogen (secondary N) is 2. The highest BCUT2D eigenvalue weighted by Crippen LogP contribution is 2.23. The van der Waals surface area contributed by atoms with Gasteiger partial charge in [0.2, 0.25) is 11.8 Å². The Morgan fingerprint density at radius 2 is 1.62 bits per heavy atom. The number of amides is 3. The van der Waals surface area contributed by atoms with E-state index >= 15 is 0 Å². The van der Waals surface area contributed by atoms with Crippen molar-refractivity contribution >= 4 is 40.7 Å². The van der Waals surface area contributed by atoms with Gasteiger partial charge in [0.05, 0.1) is 12.5 Å². The second kappa shape index (κ2) is 11.0. The zero-order valence-electron chi connectivity index (χ0n) is 18.7. The first-order chi connectivity index (χ1) is 16.5. The summed E-state index contributed by atoms with van der Waals surface area (Å²) in [4.78, 5) is 39.7. The number of anilines is 2. The molecule has 3 aromatic carbocycles. The van der Waals surface area contributed by atoms with E-state index in [0.717, 1.165) is 24.1 Å². The Morgan fingerprint density at radius 1 is 0.912 bits per heavy atom. The maximum atomic E-state index is 13.0. The fourth-order valence-electron chi connectivity index (χ4n) is 3.98. The minimum Gasteiger partial charge on any atom is -0.345 e. The van der Waals surface area contributed by atoms with Gasteiger partial charge in [-0.15, -0.1) is 0 Å². The van der Waals surface area contributed by atoms with E-state index in [9.17, 15) is 14.4 Å². The van der Waals surface area contributed by atoms with Crippen LogP contribution >= 0.6 is 11.6 Å². The number of piperidine rings is 1. The second-order valence-electron chi connectivity index (χ2n) is 8.25. The van der Waals surface area contributed by atoms with Gasteiger partial charge in [0.25, 0.3) is 5.91 Å². The van der Waals surface area contributed by atoms with Crippen molar-refractivity contribution in [3.05, 3.63) is 95.0 Å². The molecular weight excluding hydrogens is 450 g/mol. The predicted molar refractivity (Wildman–Crippen MR) is 134 cm³/mol. The number of nitrogens with zero attached hydrogens (tertiary/aromatic N) is 1. The van der Waals surface area contributed by atoms with E-state index in [1.54, 1.807) is 53.4 Å². The van der Waals surface area contributed by atoms with Crippen LogP contribution < -0.4 is 15.5 Å². The average molecular weight is 476 g/mol. The van der Waals surface area contributed by atoms with E-state index in [2.05, 4.69) is 10.6 Å². The first-order valence-corrected chi connectivity index (χ1v) is 11.7. The van der Waals surface area contributed by atoms with Crippen molar-refractivity contribution < 1.29 is 14.4 Å². The van der Waals surface area contributed by atoms with Crippen molar-refractivity contribution in [1.29, 1.82) is 0 Å². The molecule has 3 amide bonds. The van der Waals surface area contributed by atoms with E-state index in [0.29, 0.717) is 29.2 Å². The molecular formula is C27H26ClN3O3. The molecule has 0 bridgehead atoms. The minimum atomic E-state index is -0.510. The summed E-state index contributed by atoms with van der Waals surface area (Å²) in [5.74, 6) is -0.403. The summed E-state index contributed by atoms with van der Waals surface area (Å²) in [6, 6.07) is 22.8. The van der Waals surface area contributed by atoms with Crippen molar-refractivity contribution in [3.63, 3.8) is 0 Å². The Labute approximate surface area is 203 Å². The first kappa shape index (κ1) is 23.5. The van der Waals surface area contributed by atoms with Crippen molar-refractivity contribution in [2.24, 2.45) is 0 Å². The molecule has 1 aliphatic heterocycles. The molecule has 3 aromatic rings. The summed E-state index contributed by atoms with van der Waals surface area (Å²) in [5.41, 5.74) is 2.73. The number of carbonyl (C=O) groups is 3. The molecule has 0 aromatic heterocycles. The van der Waals surface area contributed by atoms with Gasteiger partial charge >= 0.3 is 0 Å². The quantitative estimate of drug-likeness (QED) is 0.483. The molecule has 174 valence electrons. The fraction of sp³-hybridized carbons (Fsp3) is 0.222. The standard InChI is InChI=1S/C27H26ClN3O3/c28-21-11-13-22(14-12-21)29-25(32)18-24(19-6-2-1-3-7-19)30-27(34)20-9-15-23(16-10-20)31-17-5-4-8-26(31)33/h1-3,6-7,9-16,24H,4-5,8,17-18H2,(H,29,32)(H,30,34). The number of rotatable bonds is 7. The molecule has 1 fully saturated rings. The van der Waals surface area contributed by atoms with Crippen LogP contribution in [0.15, 0.2) is 78.9 Å². The van der Waals surface area contributed by atoms with Gasteiger partial charge in [-0.1, -0.05) is 41.9 Å². The third-order valence-electron chi connectivity index (χ3n) is 5.79. The highest BCUT2D eigenvalue weighted by atomic mass is 35.5. The van der Waals surface area contributed by atoms with Gasteiger partial charge in [-0.2, -0.15) is 0 Å². The van der Waals surface area contributed by atoms with Gasteiger partial charge in [-0.25, -0.2) is 0 Å². The summed E-state index contributed by atoms with van der Waals surface area (Å²) < 4.78 is 0. The third-order valence-corrected chi connectivity index (χ3v) is 6.04. The molecule has 0 aliphatic carbocycles. The third kappa shape index (κ3) is 6.02. The molecule has 6 nitrogen and oxygen atoms in total. The van der Waals surface area contributed by atoms with Crippen LogP contribution in [0.25, 0.3) is 0 Å². The van der Waals surface area contributed by atoms with Crippen molar-refractivity contribution in [3.8, 4) is 0 Å². The van der Waals surface area contributed by atoms with Gasteiger partial charge in [0, 0.05) is 34.9 Å². The van der Waals surface area contributed by atoms with Crippen LogP contribution in [0, 0.1) is 0 Å². The molecule has 0 spiro atoms. The van der Waals surface area contributed by atoms with Gasteiger partial charge in [0.15, 0.2) is 0 Å². The first-order valence-electron chi connectivity index (χ1n) is 11.3. The predicted octanol–water partition coefficient (Wildman–Crippen LogP) is 5.36. The molecule has 0 radical (unpaired) electrons. The SMILES string of the molecule is O=C(CC(NC(=O)c1ccc(N2CCCCC2=O)cc1)c1ccccc1)Nc1ccc(Cl)cc1. The smallest absolute Gasteiger partial charge is 0.251 e. The van der Waals surface area contributed by atoms with Crippen LogP contribution in [0.2, 0.25) is 5.02 Å². The van der Waals surface area contributed by atoms with E-state index in [1.165, 1.54) is 0 Å². The largest absolute Gasteiger partial charge is 0.345 e. The van der Waals surface area contributed by atoms with Gasteiger partial charge in [-0.05, 0) is 66.9 Å². The molecule has 7 heteroatoms. The Bertz CT molecular complexity index is 1150. The lowest BCUT2D eigenvalue weighted by molar-refractivity contribution is -0.119. The molecule has 1 saturated heterocycles. The van der Waals surface area contributed by atoms with Crippen LogP contribution in [0.1, 0.15) is 47.6 Å². The normalized spacial score (nSPS) is 14.4. The summed E-state index contributed by atoms with van der Waals surface area (Å²) in [6.45, 7) is 0.698. The van der Waals surface area contributed by atoms with E-state index in [1.807, 2.05) is 30.3 Å². The summed E-state index contributed by atoms with van der Waals surface area (Å²) in [6.07, 6.45) is 2.52. The molecule has 34 heavy (non-hydrogen) atoms. The van der Waals surface area contributed by atoms with E-state index in [-0.39, 0.29) is 24.1 Å². The number of hydrogen-bond acceptors (Lipinski definition) is 3. The molecule has 1 heterocycles. The zero-order chi connectivity index (χ0) is 23.9. The second-order valence-corrected chi connectivity index (χ2v) is 8.68. The van der Waals surface area contributed by atoms with Crippen molar-refractivity contribution in [2.45, 2.75) is 31.7 Å². The number of hydrogen-bond donors (Lipinski definition) is 2. The van der Waals surface area contributed by atoms with Crippen LogP contribution in [0.3, 0.4) is 0 Å². The molecule has 4 rings (SSSR count). The van der Waals surface area contributed by atoms with Crippen molar-refractivity contribution in [1.82, 2.24) is 5.32 Å². The molecule has 0 saturated carbocycles. The summed E-state index contributed by atoms with van der Waals surface area (Å²) >= 11 is 5.91. The van der Waals surface area contributed by atoms with E-state index in [4.69, 9.17) is 11.6 Å². The lowest BCUT2D eigenvalue weighted by atomic mass is 10.0. The number of halogens is 1. The monoisotopic (exact) mass is 475 g/mol. The Kier molecular flexibility index (Phi) is 7.60. The maximum absolute atomic E-state index is 13.0. The lowest BCUT2D eigenvalue weighted by Gasteiger charge is -2.27. The van der Waals surface area contributed by atoms with Gasteiger partial charge < -0.3 is 15.5 Å². The fourth-order valence-corrected chi connectivity index (χ4v) is 4.11. The van der Waals surface area contributed by atoms with E-state index < -0.39 is 6.04 Å².